The van der Waals surface area contributed by atoms with Gasteiger partial charge in [-0.25, -0.2) is 9.48 Å². The van der Waals surface area contributed by atoms with Crippen LogP contribution in [0, 0.1) is 13.8 Å². The van der Waals surface area contributed by atoms with Crippen molar-refractivity contribution in [1.29, 1.82) is 0 Å². The van der Waals surface area contributed by atoms with Crippen LogP contribution in [-0.2, 0) is 5.72 Å². The molecule has 3 heterocycles. The highest BCUT2D eigenvalue weighted by molar-refractivity contribution is 5.96. The summed E-state index contributed by atoms with van der Waals surface area (Å²) in [7, 11) is 0. The monoisotopic (exact) mass is 393 g/mol. The molecule has 5 nitrogen and oxygen atoms in total. The number of rotatable bonds is 2. The number of nitrogens with zero attached hydrogens (tertiary/aromatic N) is 2. The molecular formula is C24H29N2O3+. The maximum atomic E-state index is 12.0. The molecule has 0 saturated carbocycles. The van der Waals surface area contributed by atoms with Gasteiger partial charge in [0.2, 0.25) is 0 Å². The van der Waals surface area contributed by atoms with Gasteiger partial charge < -0.3 is 14.6 Å². The molecule has 2 aromatic carbocycles. The molecule has 0 saturated heterocycles. The maximum absolute atomic E-state index is 12.0. The van der Waals surface area contributed by atoms with E-state index in [0.29, 0.717) is 19.8 Å². The Bertz CT molecular complexity index is 984. The Hall–Kier alpha value is -2.53. The van der Waals surface area contributed by atoms with Gasteiger partial charge in [-0.15, -0.1) is 0 Å². The summed E-state index contributed by atoms with van der Waals surface area (Å²) >= 11 is 0. The van der Waals surface area contributed by atoms with Crippen LogP contribution in [-0.4, -0.2) is 41.8 Å². The van der Waals surface area contributed by atoms with Gasteiger partial charge in [-0.1, -0.05) is 12.1 Å². The molecule has 0 radical (unpaired) electrons. The third kappa shape index (κ3) is 3.08. The van der Waals surface area contributed by atoms with Gasteiger partial charge in [-0.2, -0.15) is 0 Å². The molecule has 0 bridgehead atoms. The lowest BCUT2D eigenvalue weighted by atomic mass is 10.0. The van der Waals surface area contributed by atoms with E-state index in [0.717, 1.165) is 42.9 Å². The number of benzene rings is 2. The minimum atomic E-state index is -1.08. The molecule has 3 aliphatic heterocycles. The normalized spacial score (nSPS) is 23.8. The Labute approximate surface area is 172 Å². The van der Waals surface area contributed by atoms with Gasteiger partial charge in [0, 0.05) is 12.0 Å². The van der Waals surface area contributed by atoms with Gasteiger partial charge in [-0.05, 0) is 68.5 Å². The molecule has 0 aromatic heterocycles. The zero-order chi connectivity index (χ0) is 20.0. The van der Waals surface area contributed by atoms with E-state index in [1.165, 1.54) is 29.1 Å². The summed E-state index contributed by atoms with van der Waals surface area (Å²) in [6.45, 7) is 6.78. The van der Waals surface area contributed by atoms with Gasteiger partial charge in [0.05, 0.1) is 6.54 Å². The standard InChI is InChI=1S/C24H29N2O3/c1-17-7-8-18(2)20(14-17)25-16-24(27,26-11-5-3-4-6-23(25)26)19-9-10-21-22(15-19)29-13-12-28-21/h7-10,14-15,27H,3-6,11-13,16H2,1-2H3/q+1. The van der Waals surface area contributed by atoms with Crippen molar-refractivity contribution in [3.63, 3.8) is 0 Å². The van der Waals surface area contributed by atoms with Gasteiger partial charge in [0.25, 0.3) is 11.6 Å². The fraction of sp³-hybridized carbons (Fsp3) is 0.458. The second kappa shape index (κ2) is 7.06. The maximum Gasteiger partial charge on any atom is 0.271 e. The predicted molar refractivity (Wildman–Crippen MR) is 113 cm³/mol. The molecule has 2 aromatic rings. The minimum absolute atomic E-state index is 0.520. The number of β-amino-alcohol motifs (C(OH)–C–C–N with tert-alkyl or cyclic N) is 1. The molecular weight excluding hydrogens is 364 g/mol. The van der Waals surface area contributed by atoms with Gasteiger partial charge in [0.1, 0.15) is 18.9 Å². The van der Waals surface area contributed by atoms with Gasteiger partial charge in [-0.3, -0.25) is 0 Å². The highest BCUT2D eigenvalue weighted by Gasteiger charge is 2.52. The number of ether oxygens (including phenoxy) is 2. The molecule has 0 spiro atoms. The molecule has 1 atom stereocenters. The second-order valence-corrected chi connectivity index (χ2v) is 8.43. The van der Waals surface area contributed by atoms with E-state index in [9.17, 15) is 5.11 Å². The van der Waals surface area contributed by atoms with Crippen LogP contribution in [0.2, 0.25) is 0 Å². The quantitative estimate of drug-likeness (QED) is 0.790. The largest absolute Gasteiger partial charge is 0.486 e. The molecule has 3 aliphatic rings. The van der Waals surface area contributed by atoms with E-state index in [-0.39, 0.29) is 0 Å². The van der Waals surface area contributed by atoms with E-state index >= 15 is 0 Å². The third-order valence-electron chi connectivity index (χ3n) is 6.39. The Morgan fingerprint density at radius 2 is 1.79 bits per heavy atom. The summed E-state index contributed by atoms with van der Waals surface area (Å²) in [5.41, 5.74) is 3.46. The van der Waals surface area contributed by atoms with E-state index in [1.807, 2.05) is 18.2 Å². The minimum Gasteiger partial charge on any atom is -0.486 e. The van der Waals surface area contributed by atoms with Crippen LogP contribution < -0.4 is 14.4 Å². The lowest BCUT2D eigenvalue weighted by molar-refractivity contribution is -0.658. The van der Waals surface area contributed by atoms with Crippen LogP contribution in [0.4, 0.5) is 5.69 Å². The number of hydrogen-bond acceptors (Lipinski definition) is 4. The number of aliphatic hydroxyl groups is 1. The van der Waals surface area contributed by atoms with Gasteiger partial charge >= 0.3 is 0 Å². The van der Waals surface area contributed by atoms with Crippen molar-refractivity contribution < 1.29 is 19.2 Å². The average Bonchev–Trinajstić information content (AvgIpc) is 2.88. The van der Waals surface area contributed by atoms with Crippen LogP contribution in [0.5, 0.6) is 11.5 Å². The number of hydrogen-bond donors (Lipinski definition) is 1. The first-order chi connectivity index (χ1) is 14.1. The first-order valence-electron chi connectivity index (χ1n) is 10.7. The molecule has 1 unspecified atom stereocenters. The smallest absolute Gasteiger partial charge is 0.271 e. The van der Waals surface area contributed by atoms with E-state index in [1.54, 1.807) is 0 Å². The van der Waals surface area contributed by atoms with Crippen molar-refractivity contribution in [2.75, 3.05) is 31.2 Å². The van der Waals surface area contributed by atoms with E-state index in [2.05, 4.69) is 41.5 Å². The Morgan fingerprint density at radius 1 is 0.966 bits per heavy atom. The van der Waals surface area contributed by atoms with Crippen molar-refractivity contribution in [3.8, 4) is 11.5 Å². The average molecular weight is 394 g/mol. The lowest BCUT2D eigenvalue weighted by Gasteiger charge is -2.26. The van der Waals surface area contributed by atoms with Crippen LogP contribution in [0.3, 0.4) is 0 Å². The Kier molecular flexibility index (Phi) is 4.50. The Balaban J connectivity index is 1.62. The molecule has 5 rings (SSSR count). The lowest BCUT2D eigenvalue weighted by Crippen LogP contribution is -2.41. The Morgan fingerprint density at radius 3 is 2.66 bits per heavy atom. The number of fused-ring (bicyclic) bond motifs is 1. The molecule has 0 fully saturated rings. The first kappa shape index (κ1) is 18.5. The number of aryl methyl sites for hydroxylation is 2. The molecule has 5 heteroatoms. The highest BCUT2D eigenvalue weighted by Crippen LogP contribution is 2.40. The van der Waals surface area contributed by atoms with Crippen molar-refractivity contribution in [1.82, 2.24) is 0 Å². The topological polar surface area (TPSA) is 44.9 Å². The second-order valence-electron chi connectivity index (χ2n) is 8.43. The number of amidine groups is 1. The van der Waals surface area contributed by atoms with Gasteiger partial charge in [0.15, 0.2) is 18.0 Å². The van der Waals surface area contributed by atoms with Crippen molar-refractivity contribution in [2.24, 2.45) is 0 Å². The fourth-order valence-corrected chi connectivity index (χ4v) is 4.84. The van der Waals surface area contributed by atoms with Crippen LogP contribution in [0.25, 0.3) is 0 Å². The van der Waals surface area contributed by atoms with E-state index < -0.39 is 5.72 Å². The predicted octanol–water partition coefficient (Wildman–Crippen LogP) is 3.72. The molecule has 0 aliphatic carbocycles. The van der Waals surface area contributed by atoms with Crippen molar-refractivity contribution >= 4 is 11.5 Å². The first-order valence-corrected chi connectivity index (χ1v) is 10.7. The third-order valence-corrected chi connectivity index (χ3v) is 6.39. The van der Waals surface area contributed by atoms with Crippen molar-refractivity contribution in [3.05, 3.63) is 53.1 Å². The zero-order valence-electron chi connectivity index (χ0n) is 17.3. The van der Waals surface area contributed by atoms with Crippen molar-refractivity contribution in [2.45, 2.75) is 45.3 Å². The molecule has 0 amide bonds. The fourth-order valence-electron chi connectivity index (χ4n) is 4.84. The summed E-state index contributed by atoms with van der Waals surface area (Å²) in [4.78, 5) is 2.34. The highest BCUT2D eigenvalue weighted by atomic mass is 16.6. The van der Waals surface area contributed by atoms with Crippen LogP contribution >= 0.6 is 0 Å². The zero-order valence-corrected chi connectivity index (χ0v) is 17.3. The summed E-state index contributed by atoms with van der Waals surface area (Å²) < 4.78 is 13.7. The van der Waals surface area contributed by atoms with Crippen LogP contribution in [0.1, 0.15) is 42.4 Å². The molecule has 1 N–H and O–H groups in total. The van der Waals surface area contributed by atoms with Crippen LogP contribution in [0.15, 0.2) is 36.4 Å². The summed E-state index contributed by atoms with van der Waals surface area (Å²) in [5, 5.41) is 12.0. The molecule has 152 valence electrons. The summed E-state index contributed by atoms with van der Waals surface area (Å²) in [6.07, 6.45) is 4.43. The summed E-state index contributed by atoms with van der Waals surface area (Å²) in [6, 6.07) is 12.4. The summed E-state index contributed by atoms with van der Waals surface area (Å²) in [5.74, 6) is 2.71. The SMILES string of the molecule is Cc1ccc(C)c(N2CC(O)(c3ccc4c(c3)OCCO4)[N+]3=C2CCCCC3)c1. The van der Waals surface area contributed by atoms with E-state index in [4.69, 9.17) is 9.47 Å². The number of anilines is 1. The molecule has 29 heavy (non-hydrogen) atoms.